The molecule has 0 unspecified atom stereocenters. The second-order valence-electron chi connectivity index (χ2n) is 6.43. The van der Waals surface area contributed by atoms with Gasteiger partial charge in [-0.3, -0.25) is 4.79 Å². The van der Waals surface area contributed by atoms with Gasteiger partial charge in [-0.1, -0.05) is 35.6 Å². The number of esters is 1. The van der Waals surface area contributed by atoms with Gasteiger partial charge in [-0.15, -0.1) is 0 Å². The van der Waals surface area contributed by atoms with Crippen LogP contribution in [0, 0.1) is 17.7 Å². The van der Waals surface area contributed by atoms with E-state index in [1.54, 1.807) is 42.5 Å². The molecule has 1 amide bonds. The lowest BCUT2D eigenvalue weighted by Crippen LogP contribution is -2.22. The highest BCUT2D eigenvalue weighted by Gasteiger charge is 2.08. The van der Waals surface area contributed by atoms with Crippen LogP contribution in [0.3, 0.4) is 0 Å². The van der Waals surface area contributed by atoms with E-state index in [4.69, 9.17) is 16.3 Å². The fourth-order valence-corrected chi connectivity index (χ4v) is 2.82. The van der Waals surface area contributed by atoms with E-state index in [0.717, 1.165) is 11.6 Å². The first-order chi connectivity index (χ1) is 14.9. The van der Waals surface area contributed by atoms with Crippen LogP contribution in [-0.2, 0) is 9.53 Å². The molecule has 7 heteroatoms. The van der Waals surface area contributed by atoms with E-state index in [1.165, 1.54) is 19.2 Å². The van der Waals surface area contributed by atoms with Gasteiger partial charge in [0.25, 0.3) is 0 Å². The summed E-state index contributed by atoms with van der Waals surface area (Å²) in [5.41, 5.74) is 2.56. The molecule has 0 saturated heterocycles. The van der Waals surface area contributed by atoms with E-state index < -0.39 is 17.7 Å². The molecule has 0 atom stereocenters. The monoisotopic (exact) mass is 436 g/mol. The van der Waals surface area contributed by atoms with Crippen LogP contribution in [0.4, 0.5) is 15.8 Å². The Morgan fingerprint density at radius 3 is 2.42 bits per heavy atom. The van der Waals surface area contributed by atoms with Gasteiger partial charge >= 0.3 is 5.97 Å². The zero-order valence-electron chi connectivity index (χ0n) is 16.5. The molecule has 0 aromatic heterocycles. The number of anilines is 2. The molecule has 0 aliphatic carbocycles. The Kier molecular flexibility index (Phi) is 7.26. The Bertz CT molecular complexity index is 1180. The number of halogens is 2. The van der Waals surface area contributed by atoms with Gasteiger partial charge in [-0.25, -0.2) is 9.18 Å². The molecule has 0 fully saturated rings. The maximum atomic E-state index is 13.8. The van der Waals surface area contributed by atoms with Crippen molar-refractivity contribution in [1.82, 2.24) is 0 Å². The molecular weight excluding hydrogens is 419 g/mol. The molecule has 3 aromatic carbocycles. The topological polar surface area (TPSA) is 67.4 Å². The van der Waals surface area contributed by atoms with Crippen molar-refractivity contribution in [1.29, 1.82) is 0 Å². The SMILES string of the molecule is COC(=O)c1cccc(C#Cc2cccc(NCC(=O)Nc3ccc(Cl)cc3F)c2)c1. The first-order valence-electron chi connectivity index (χ1n) is 9.24. The minimum atomic E-state index is -0.602. The summed E-state index contributed by atoms with van der Waals surface area (Å²) in [6, 6.07) is 18.1. The van der Waals surface area contributed by atoms with E-state index >= 15 is 0 Å². The summed E-state index contributed by atoms with van der Waals surface area (Å²) in [6.07, 6.45) is 0. The molecule has 3 aromatic rings. The number of ether oxygens (including phenoxy) is 1. The van der Waals surface area contributed by atoms with Gasteiger partial charge in [0.2, 0.25) is 5.91 Å². The Labute approximate surface area is 184 Å². The lowest BCUT2D eigenvalue weighted by atomic mass is 10.1. The van der Waals surface area contributed by atoms with Gasteiger partial charge < -0.3 is 15.4 Å². The summed E-state index contributed by atoms with van der Waals surface area (Å²) in [5, 5.41) is 5.72. The third kappa shape index (κ3) is 6.33. The number of benzene rings is 3. The van der Waals surface area contributed by atoms with Gasteiger partial charge in [0.15, 0.2) is 0 Å². The molecule has 0 radical (unpaired) electrons. The van der Waals surface area contributed by atoms with E-state index in [2.05, 4.69) is 22.5 Å². The molecule has 0 saturated carbocycles. The molecule has 0 heterocycles. The largest absolute Gasteiger partial charge is 0.465 e. The van der Waals surface area contributed by atoms with Crippen molar-refractivity contribution in [2.45, 2.75) is 0 Å². The van der Waals surface area contributed by atoms with Gasteiger partial charge in [-0.05, 0) is 54.6 Å². The summed E-state index contributed by atoms with van der Waals surface area (Å²) in [5.74, 6) is 4.59. The average Bonchev–Trinajstić information content (AvgIpc) is 2.78. The predicted molar refractivity (Wildman–Crippen MR) is 119 cm³/mol. The highest BCUT2D eigenvalue weighted by molar-refractivity contribution is 6.30. The molecule has 5 nitrogen and oxygen atoms in total. The Hall–Kier alpha value is -3.82. The number of rotatable bonds is 5. The number of nitrogens with one attached hydrogen (secondary N) is 2. The van der Waals surface area contributed by atoms with Crippen LogP contribution in [-0.4, -0.2) is 25.5 Å². The quantitative estimate of drug-likeness (QED) is 0.449. The second kappa shape index (κ2) is 10.3. The average molecular weight is 437 g/mol. The predicted octanol–water partition coefficient (Wildman–Crippen LogP) is 4.72. The maximum Gasteiger partial charge on any atom is 0.337 e. The van der Waals surface area contributed by atoms with Gasteiger partial charge in [0.05, 0.1) is 24.9 Å². The van der Waals surface area contributed by atoms with Gasteiger partial charge in [0.1, 0.15) is 5.82 Å². The van der Waals surface area contributed by atoms with Gasteiger partial charge in [-0.2, -0.15) is 0 Å². The summed E-state index contributed by atoms with van der Waals surface area (Å²) in [4.78, 5) is 23.7. The molecule has 0 bridgehead atoms. The molecule has 156 valence electrons. The fourth-order valence-electron chi connectivity index (χ4n) is 2.66. The number of hydrogen-bond donors (Lipinski definition) is 2. The van der Waals surface area contributed by atoms with Crippen molar-refractivity contribution in [2.75, 3.05) is 24.3 Å². The number of hydrogen-bond acceptors (Lipinski definition) is 4. The van der Waals surface area contributed by atoms with Crippen LogP contribution in [0.1, 0.15) is 21.5 Å². The molecule has 0 spiro atoms. The van der Waals surface area contributed by atoms with Crippen LogP contribution in [0.15, 0.2) is 66.7 Å². The highest BCUT2D eigenvalue weighted by Crippen LogP contribution is 2.19. The lowest BCUT2D eigenvalue weighted by Gasteiger charge is -2.09. The molecule has 0 aliphatic heterocycles. The third-order valence-corrected chi connectivity index (χ3v) is 4.39. The molecule has 3 rings (SSSR count). The number of carbonyl (C=O) groups is 2. The Morgan fingerprint density at radius 2 is 1.71 bits per heavy atom. The normalized spacial score (nSPS) is 9.90. The first kappa shape index (κ1) is 21.9. The van der Waals surface area contributed by atoms with Crippen molar-refractivity contribution in [2.24, 2.45) is 0 Å². The van der Waals surface area contributed by atoms with Crippen molar-refractivity contribution >= 4 is 34.9 Å². The van der Waals surface area contributed by atoms with E-state index in [-0.39, 0.29) is 17.3 Å². The van der Waals surface area contributed by atoms with E-state index in [0.29, 0.717) is 16.8 Å². The van der Waals surface area contributed by atoms with Crippen LogP contribution in [0.2, 0.25) is 5.02 Å². The summed E-state index contributed by atoms with van der Waals surface area (Å²) in [7, 11) is 1.32. The summed E-state index contributed by atoms with van der Waals surface area (Å²) >= 11 is 5.71. The molecular formula is C24H18ClFN2O3. The first-order valence-corrected chi connectivity index (χ1v) is 9.61. The molecule has 2 N–H and O–H groups in total. The van der Waals surface area contributed by atoms with Crippen molar-refractivity contribution < 1.29 is 18.7 Å². The molecule has 0 aliphatic rings. The fraction of sp³-hybridized carbons (Fsp3) is 0.0833. The standard InChI is InChI=1S/C24H18ClFN2O3/c1-31-24(30)18-6-2-4-16(12-18)8-9-17-5-3-7-20(13-17)27-15-23(29)28-22-11-10-19(25)14-21(22)26/h2-7,10-14,27H,15H2,1H3,(H,28,29). The smallest absolute Gasteiger partial charge is 0.337 e. The van der Waals surface area contributed by atoms with Crippen molar-refractivity contribution in [3.8, 4) is 11.8 Å². The number of carbonyl (C=O) groups excluding carboxylic acids is 2. The maximum absolute atomic E-state index is 13.8. The Morgan fingerprint density at radius 1 is 1.00 bits per heavy atom. The Balaban J connectivity index is 1.63. The van der Waals surface area contributed by atoms with Gasteiger partial charge in [0, 0.05) is 21.8 Å². The second-order valence-corrected chi connectivity index (χ2v) is 6.87. The number of methoxy groups -OCH3 is 1. The number of amides is 1. The zero-order chi connectivity index (χ0) is 22.2. The summed E-state index contributed by atoms with van der Waals surface area (Å²) < 4.78 is 18.5. The minimum absolute atomic E-state index is 0.0554. The third-order valence-electron chi connectivity index (χ3n) is 4.16. The lowest BCUT2D eigenvalue weighted by molar-refractivity contribution is -0.114. The highest BCUT2D eigenvalue weighted by atomic mass is 35.5. The van der Waals surface area contributed by atoms with Crippen LogP contribution in [0.5, 0.6) is 0 Å². The zero-order valence-corrected chi connectivity index (χ0v) is 17.3. The summed E-state index contributed by atoms with van der Waals surface area (Å²) in [6.45, 7) is -0.0554. The van der Waals surface area contributed by atoms with Crippen LogP contribution < -0.4 is 10.6 Å². The minimum Gasteiger partial charge on any atom is -0.465 e. The van der Waals surface area contributed by atoms with Crippen LogP contribution in [0.25, 0.3) is 0 Å². The van der Waals surface area contributed by atoms with E-state index in [1.807, 2.05) is 6.07 Å². The van der Waals surface area contributed by atoms with Crippen LogP contribution >= 0.6 is 11.6 Å². The van der Waals surface area contributed by atoms with E-state index in [9.17, 15) is 14.0 Å². The van der Waals surface area contributed by atoms with Crippen molar-refractivity contribution in [3.05, 3.63) is 94.3 Å². The molecule has 31 heavy (non-hydrogen) atoms. The van der Waals surface area contributed by atoms with Crippen molar-refractivity contribution in [3.63, 3.8) is 0 Å².